The van der Waals surface area contributed by atoms with Crippen molar-refractivity contribution in [1.82, 2.24) is 4.90 Å². The van der Waals surface area contributed by atoms with E-state index in [-0.39, 0.29) is 17.9 Å². The zero-order valence-electron chi connectivity index (χ0n) is 7.62. The van der Waals surface area contributed by atoms with Crippen molar-refractivity contribution in [2.24, 2.45) is 11.7 Å². The molecule has 2 N–H and O–H groups in total. The van der Waals surface area contributed by atoms with Gasteiger partial charge in [0.2, 0.25) is 5.91 Å². The lowest BCUT2D eigenvalue weighted by Crippen LogP contribution is -2.47. The van der Waals surface area contributed by atoms with Crippen LogP contribution in [0, 0.1) is 5.92 Å². The number of carbonyl (C=O) groups excluding carboxylic acids is 1. The maximum absolute atomic E-state index is 11.5. The predicted octanol–water partition coefficient (Wildman–Crippen LogP) is -0.562. The first-order chi connectivity index (χ1) is 5.63. The van der Waals surface area contributed by atoms with Crippen molar-refractivity contribution in [3.8, 4) is 0 Å². The van der Waals surface area contributed by atoms with E-state index < -0.39 is 0 Å². The van der Waals surface area contributed by atoms with E-state index in [1.54, 1.807) is 19.0 Å². The lowest BCUT2D eigenvalue weighted by molar-refractivity contribution is -0.137. The van der Waals surface area contributed by atoms with Crippen LogP contribution in [0.15, 0.2) is 0 Å². The third kappa shape index (κ3) is 1.95. The standard InChI is InChI=1S/C8H16N2O2/c1-10(2)8(11)6-5-12-4-3-7(6)9/h6-7H,3-5,9H2,1-2H3. The Morgan fingerprint density at radius 3 is 2.75 bits per heavy atom. The summed E-state index contributed by atoms with van der Waals surface area (Å²) in [5, 5.41) is 0. The highest BCUT2D eigenvalue weighted by atomic mass is 16.5. The van der Waals surface area contributed by atoms with Gasteiger partial charge in [-0.3, -0.25) is 4.79 Å². The first-order valence-electron chi connectivity index (χ1n) is 4.17. The summed E-state index contributed by atoms with van der Waals surface area (Å²) in [7, 11) is 3.48. The summed E-state index contributed by atoms with van der Waals surface area (Å²) in [5.74, 6) is -0.0732. The number of ether oxygens (including phenoxy) is 1. The van der Waals surface area contributed by atoms with Gasteiger partial charge in [-0.05, 0) is 6.42 Å². The van der Waals surface area contributed by atoms with E-state index >= 15 is 0 Å². The molecule has 0 aromatic carbocycles. The second-order valence-corrected chi connectivity index (χ2v) is 3.37. The van der Waals surface area contributed by atoms with Crippen LogP contribution >= 0.6 is 0 Å². The maximum atomic E-state index is 11.5. The van der Waals surface area contributed by atoms with E-state index in [4.69, 9.17) is 10.5 Å². The fraction of sp³-hybridized carbons (Fsp3) is 0.875. The quantitative estimate of drug-likeness (QED) is 0.576. The van der Waals surface area contributed by atoms with Gasteiger partial charge in [0.15, 0.2) is 0 Å². The zero-order valence-corrected chi connectivity index (χ0v) is 7.62. The highest BCUT2D eigenvalue weighted by molar-refractivity contribution is 5.79. The summed E-state index contributed by atoms with van der Waals surface area (Å²) in [5.41, 5.74) is 5.79. The van der Waals surface area contributed by atoms with Gasteiger partial charge in [0.1, 0.15) is 0 Å². The van der Waals surface area contributed by atoms with E-state index in [1.807, 2.05) is 0 Å². The third-order valence-corrected chi connectivity index (χ3v) is 2.17. The summed E-state index contributed by atoms with van der Waals surface area (Å²) >= 11 is 0. The molecule has 2 unspecified atom stereocenters. The van der Waals surface area contributed by atoms with Gasteiger partial charge in [0.25, 0.3) is 0 Å². The van der Waals surface area contributed by atoms with E-state index in [0.29, 0.717) is 13.2 Å². The Morgan fingerprint density at radius 2 is 2.25 bits per heavy atom. The lowest BCUT2D eigenvalue weighted by Gasteiger charge is -2.29. The normalized spacial score (nSPS) is 29.9. The minimum atomic E-state index is -0.145. The minimum absolute atomic E-state index is 0.0337. The maximum Gasteiger partial charge on any atom is 0.229 e. The molecule has 1 fully saturated rings. The molecule has 1 rings (SSSR count). The molecule has 0 aromatic heterocycles. The van der Waals surface area contributed by atoms with Crippen LogP contribution in [0.2, 0.25) is 0 Å². The Morgan fingerprint density at radius 1 is 1.58 bits per heavy atom. The van der Waals surface area contributed by atoms with Crippen molar-refractivity contribution in [3.63, 3.8) is 0 Å². The molecule has 0 aliphatic carbocycles. The molecule has 4 nitrogen and oxygen atoms in total. The Kier molecular flexibility index (Phi) is 3.05. The van der Waals surface area contributed by atoms with Gasteiger partial charge in [-0.2, -0.15) is 0 Å². The molecule has 2 atom stereocenters. The number of carbonyl (C=O) groups is 1. The summed E-state index contributed by atoms with van der Waals surface area (Å²) in [6, 6.07) is -0.0337. The monoisotopic (exact) mass is 172 g/mol. The van der Waals surface area contributed by atoms with Crippen molar-refractivity contribution >= 4 is 5.91 Å². The van der Waals surface area contributed by atoms with Crippen molar-refractivity contribution in [2.75, 3.05) is 27.3 Å². The van der Waals surface area contributed by atoms with Crippen molar-refractivity contribution in [2.45, 2.75) is 12.5 Å². The smallest absolute Gasteiger partial charge is 0.229 e. The number of nitrogens with two attached hydrogens (primary N) is 1. The molecule has 1 aliphatic heterocycles. The molecule has 70 valence electrons. The molecule has 1 amide bonds. The first-order valence-corrected chi connectivity index (χ1v) is 4.17. The van der Waals surface area contributed by atoms with E-state index in [0.717, 1.165) is 6.42 Å². The minimum Gasteiger partial charge on any atom is -0.381 e. The summed E-state index contributed by atoms with van der Waals surface area (Å²) in [6.45, 7) is 1.15. The number of amides is 1. The Labute approximate surface area is 72.7 Å². The lowest BCUT2D eigenvalue weighted by atomic mass is 9.95. The van der Waals surface area contributed by atoms with Crippen LogP contribution in [0.5, 0.6) is 0 Å². The highest BCUT2D eigenvalue weighted by Crippen LogP contribution is 2.14. The van der Waals surface area contributed by atoms with Crippen molar-refractivity contribution in [1.29, 1.82) is 0 Å². The summed E-state index contributed by atoms with van der Waals surface area (Å²) < 4.78 is 5.20. The molecule has 0 spiro atoms. The van der Waals surface area contributed by atoms with Crippen LogP contribution < -0.4 is 5.73 Å². The van der Waals surface area contributed by atoms with E-state index in [1.165, 1.54) is 0 Å². The SMILES string of the molecule is CN(C)C(=O)C1COCCC1N. The molecule has 0 saturated carbocycles. The number of nitrogens with zero attached hydrogens (tertiary/aromatic N) is 1. The molecule has 1 heterocycles. The average molecular weight is 172 g/mol. The largest absolute Gasteiger partial charge is 0.381 e. The molecule has 0 bridgehead atoms. The Balaban J connectivity index is 2.53. The molecule has 1 saturated heterocycles. The van der Waals surface area contributed by atoms with Gasteiger partial charge in [-0.1, -0.05) is 0 Å². The number of rotatable bonds is 1. The van der Waals surface area contributed by atoms with E-state index in [9.17, 15) is 4.79 Å². The van der Waals surface area contributed by atoms with Gasteiger partial charge in [-0.15, -0.1) is 0 Å². The molecule has 4 heteroatoms. The van der Waals surface area contributed by atoms with E-state index in [2.05, 4.69) is 0 Å². The average Bonchev–Trinajstić information content (AvgIpc) is 2.04. The molecule has 0 aromatic rings. The number of hydrogen-bond acceptors (Lipinski definition) is 3. The highest BCUT2D eigenvalue weighted by Gasteiger charge is 2.29. The Bertz CT molecular complexity index is 170. The van der Waals surface area contributed by atoms with Crippen LogP contribution in [-0.4, -0.2) is 44.2 Å². The predicted molar refractivity (Wildman–Crippen MR) is 45.6 cm³/mol. The third-order valence-electron chi connectivity index (χ3n) is 2.17. The van der Waals surface area contributed by atoms with Crippen molar-refractivity contribution < 1.29 is 9.53 Å². The van der Waals surface area contributed by atoms with Crippen LogP contribution in [-0.2, 0) is 9.53 Å². The van der Waals surface area contributed by atoms with Crippen LogP contribution in [0.1, 0.15) is 6.42 Å². The molecular formula is C8H16N2O2. The van der Waals surface area contributed by atoms with Crippen molar-refractivity contribution in [3.05, 3.63) is 0 Å². The molecule has 12 heavy (non-hydrogen) atoms. The van der Waals surface area contributed by atoms with Gasteiger partial charge in [-0.25, -0.2) is 0 Å². The summed E-state index contributed by atoms with van der Waals surface area (Å²) in [6.07, 6.45) is 0.782. The summed E-state index contributed by atoms with van der Waals surface area (Å²) in [4.78, 5) is 13.0. The van der Waals surface area contributed by atoms with Gasteiger partial charge in [0, 0.05) is 26.7 Å². The first kappa shape index (κ1) is 9.48. The fourth-order valence-corrected chi connectivity index (χ4v) is 1.34. The molecular weight excluding hydrogens is 156 g/mol. The van der Waals surface area contributed by atoms with Crippen LogP contribution in [0.3, 0.4) is 0 Å². The Hall–Kier alpha value is -0.610. The second-order valence-electron chi connectivity index (χ2n) is 3.37. The molecule has 1 aliphatic rings. The van der Waals surface area contributed by atoms with Gasteiger partial charge >= 0.3 is 0 Å². The fourth-order valence-electron chi connectivity index (χ4n) is 1.34. The van der Waals surface area contributed by atoms with Crippen LogP contribution in [0.4, 0.5) is 0 Å². The zero-order chi connectivity index (χ0) is 9.14. The van der Waals surface area contributed by atoms with Gasteiger partial charge < -0.3 is 15.4 Å². The van der Waals surface area contributed by atoms with Gasteiger partial charge in [0.05, 0.1) is 12.5 Å². The second kappa shape index (κ2) is 3.87. The van der Waals surface area contributed by atoms with Crippen LogP contribution in [0.25, 0.3) is 0 Å². The number of hydrogen-bond donors (Lipinski definition) is 1. The molecule has 0 radical (unpaired) electrons. The topological polar surface area (TPSA) is 55.6 Å².